The van der Waals surface area contributed by atoms with Gasteiger partial charge in [-0.2, -0.15) is 13.2 Å². The van der Waals surface area contributed by atoms with Gasteiger partial charge in [-0.05, 0) is 37.1 Å². The van der Waals surface area contributed by atoms with Crippen LogP contribution in [0.25, 0.3) is 0 Å². The Balaban J connectivity index is 2.29. The molecule has 1 nitrogen and oxygen atoms in total. The van der Waals surface area contributed by atoms with Gasteiger partial charge in [0.05, 0.1) is 10.6 Å². The lowest BCUT2D eigenvalue weighted by atomic mass is 10.0. The van der Waals surface area contributed by atoms with Gasteiger partial charge in [0, 0.05) is 6.04 Å². The molecular weight excluding hydrogens is 239 g/mol. The number of hydrogen-bond donors (Lipinski definition) is 1. The van der Waals surface area contributed by atoms with Crippen molar-refractivity contribution in [1.29, 1.82) is 0 Å². The molecule has 1 N–H and O–H groups in total. The third-order valence-corrected chi connectivity index (χ3v) is 3.07. The van der Waals surface area contributed by atoms with E-state index < -0.39 is 11.7 Å². The summed E-state index contributed by atoms with van der Waals surface area (Å²) < 4.78 is 37.4. The van der Waals surface area contributed by atoms with E-state index in [4.69, 9.17) is 11.6 Å². The fraction of sp³-hybridized carbons (Fsp3) is 0.455. The summed E-state index contributed by atoms with van der Waals surface area (Å²) in [5, 5.41) is 2.99. The van der Waals surface area contributed by atoms with Crippen LogP contribution in [-0.2, 0) is 6.18 Å². The van der Waals surface area contributed by atoms with E-state index in [1.807, 2.05) is 0 Å². The van der Waals surface area contributed by atoms with Gasteiger partial charge in [-0.15, -0.1) is 0 Å². The average molecular weight is 250 g/mol. The minimum absolute atomic E-state index is 0.139. The van der Waals surface area contributed by atoms with Crippen molar-refractivity contribution in [3.05, 3.63) is 34.3 Å². The van der Waals surface area contributed by atoms with Gasteiger partial charge >= 0.3 is 6.18 Å². The standard InChI is InChI=1S/C11H11ClF3N/c12-9-6-7(10-2-1-5-16-10)3-4-8(9)11(13,14)15/h3-4,6,10,16H,1-2,5H2. The molecule has 0 amide bonds. The van der Waals surface area contributed by atoms with Gasteiger partial charge in [0.2, 0.25) is 0 Å². The number of rotatable bonds is 1. The van der Waals surface area contributed by atoms with Gasteiger partial charge in [0.25, 0.3) is 0 Å². The van der Waals surface area contributed by atoms with Crippen molar-refractivity contribution in [2.24, 2.45) is 0 Å². The monoisotopic (exact) mass is 249 g/mol. The van der Waals surface area contributed by atoms with Crippen LogP contribution in [0.4, 0.5) is 13.2 Å². The molecule has 0 aromatic heterocycles. The predicted molar refractivity (Wildman–Crippen MR) is 56.4 cm³/mol. The molecule has 0 bridgehead atoms. The highest BCUT2D eigenvalue weighted by atomic mass is 35.5. The Morgan fingerprint density at radius 1 is 1.31 bits per heavy atom. The minimum Gasteiger partial charge on any atom is -0.310 e. The SMILES string of the molecule is FC(F)(F)c1ccc(C2CCCN2)cc1Cl. The summed E-state index contributed by atoms with van der Waals surface area (Å²) in [5.74, 6) is 0. The van der Waals surface area contributed by atoms with Crippen molar-refractivity contribution in [3.63, 3.8) is 0 Å². The van der Waals surface area contributed by atoms with E-state index in [2.05, 4.69) is 5.32 Å². The first-order chi connectivity index (χ1) is 7.48. The lowest BCUT2D eigenvalue weighted by Crippen LogP contribution is -2.13. The maximum Gasteiger partial charge on any atom is 0.417 e. The van der Waals surface area contributed by atoms with E-state index in [1.165, 1.54) is 12.1 Å². The molecule has 2 rings (SSSR count). The summed E-state index contributed by atoms with van der Waals surface area (Å²) in [6.07, 6.45) is -2.39. The van der Waals surface area contributed by atoms with Gasteiger partial charge in [-0.25, -0.2) is 0 Å². The van der Waals surface area contributed by atoms with Gasteiger partial charge in [-0.1, -0.05) is 17.7 Å². The summed E-state index contributed by atoms with van der Waals surface area (Å²) >= 11 is 5.64. The van der Waals surface area contributed by atoms with Gasteiger partial charge in [-0.3, -0.25) is 0 Å². The van der Waals surface area contributed by atoms with Crippen LogP contribution in [0.1, 0.15) is 30.0 Å². The van der Waals surface area contributed by atoms with Gasteiger partial charge < -0.3 is 5.32 Å². The summed E-state index contributed by atoms with van der Waals surface area (Å²) in [6, 6.07) is 4.10. The lowest BCUT2D eigenvalue weighted by Gasteiger charge is -2.14. The fourth-order valence-corrected chi connectivity index (χ4v) is 2.24. The van der Waals surface area contributed by atoms with Crippen molar-refractivity contribution in [1.82, 2.24) is 5.32 Å². The van der Waals surface area contributed by atoms with Crippen LogP contribution in [0.15, 0.2) is 18.2 Å². The molecule has 1 unspecified atom stereocenters. The molecule has 0 radical (unpaired) electrons. The molecule has 1 aromatic rings. The Morgan fingerprint density at radius 3 is 2.56 bits per heavy atom. The van der Waals surface area contributed by atoms with Crippen LogP contribution in [0, 0.1) is 0 Å². The second-order valence-electron chi connectivity index (χ2n) is 3.89. The molecule has 1 fully saturated rings. The first-order valence-corrected chi connectivity index (χ1v) is 5.46. The highest BCUT2D eigenvalue weighted by Gasteiger charge is 2.33. The van der Waals surface area contributed by atoms with Crippen molar-refractivity contribution in [2.75, 3.05) is 6.54 Å². The molecule has 1 aliphatic heterocycles. The molecule has 88 valence electrons. The summed E-state index contributed by atoms with van der Waals surface area (Å²) in [5.41, 5.74) is 0.0615. The summed E-state index contributed by atoms with van der Waals surface area (Å²) in [6.45, 7) is 0.906. The van der Waals surface area contributed by atoms with Crippen LogP contribution in [0.5, 0.6) is 0 Å². The Labute approximate surface area is 96.6 Å². The minimum atomic E-state index is -4.38. The zero-order valence-electron chi connectivity index (χ0n) is 8.44. The maximum absolute atomic E-state index is 12.5. The molecule has 5 heteroatoms. The molecular formula is C11H11ClF3N. The molecule has 0 aliphatic carbocycles. The quantitative estimate of drug-likeness (QED) is 0.799. The molecule has 0 saturated carbocycles. The van der Waals surface area contributed by atoms with Crippen molar-refractivity contribution < 1.29 is 13.2 Å². The number of hydrogen-bond acceptors (Lipinski definition) is 1. The van der Waals surface area contributed by atoms with Crippen LogP contribution in [0.3, 0.4) is 0 Å². The molecule has 1 atom stereocenters. The Morgan fingerprint density at radius 2 is 2.06 bits per heavy atom. The Kier molecular flexibility index (Phi) is 3.13. The van der Waals surface area contributed by atoms with E-state index in [0.29, 0.717) is 0 Å². The molecule has 1 saturated heterocycles. The molecule has 0 spiro atoms. The lowest BCUT2D eigenvalue weighted by molar-refractivity contribution is -0.137. The number of halogens is 4. The van der Waals surface area contributed by atoms with E-state index >= 15 is 0 Å². The Bertz CT molecular complexity index is 383. The van der Waals surface area contributed by atoms with Crippen molar-refractivity contribution >= 4 is 11.6 Å². The molecule has 1 aromatic carbocycles. The van der Waals surface area contributed by atoms with Crippen molar-refractivity contribution in [3.8, 4) is 0 Å². The van der Waals surface area contributed by atoms with Gasteiger partial charge in [0.15, 0.2) is 0 Å². The summed E-state index contributed by atoms with van der Waals surface area (Å²) in [7, 11) is 0. The third-order valence-electron chi connectivity index (χ3n) is 2.76. The number of nitrogens with one attached hydrogen (secondary N) is 1. The highest BCUT2D eigenvalue weighted by Crippen LogP contribution is 2.36. The van der Waals surface area contributed by atoms with Gasteiger partial charge in [0.1, 0.15) is 0 Å². The van der Waals surface area contributed by atoms with Crippen LogP contribution in [-0.4, -0.2) is 6.54 Å². The number of alkyl halides is 3. The zero-order valence-corrected chi connectivity index (χ0v) is 9.20. The van der Waals surface area contributed by atoms with E-state index in [1.54, 1.807) is 0 Å². The van der Waals surface area contributed by atoms with Crippen LogP contribution in [0.2, 0.25) is 5.02 Å². The van der Waals surface area contributed by atoms with E-state index in [9.17, 15) is 13.2 Å². The third kappa shape index (κ3) is 2.33. The van der Waals surface area contributed by atoms with E-state index in [0.717, 1.165) is 31.0 Å². The Hall–Kier alpha value is -0.740. The topological polar surface area (TPSA) is 12.0 Å². The molecule has 1 aliphatic rings. The molecule has 1 heterocycles. The fourth-order valence-electron chi connectivity index (χ4n) is 1.95. The molecule has 16 heavy (non-hydrogen) atoms. The predicted octanol–water partition coefficient (Wildman–Crippen LogP) is 3.78. The highest BCUT2D eigenvalue weighted by molar-refractivity contribution is 6.31. The zero-order chi connectivity index (χ0) is 11.8. The summed E-state index contributed by atoms with van der Waals surface area (Å²) in [4.78, 5) is 0. The first kappa shape index (κ1) is 11.7. The van der Waals surface area contributed by atoms with Crippen LogP contribution < -0.4 is 5.32 Å². The van der Waals surface area contributed by atoms with Crippen molar-refractivity contribution in [2.45, 2.75) is 25.1 Å². The maximum atomic E-state index is 12.5. The first-order valence-electron chi connectivity index (χ1n) is 5.08. The van der Waals surface area contributed by atoms with E-state index in [-0.39, 0.29) is 11.1 Å². The average Bonchev–Trinajstić information content (AvgIpc) is 2.68. The largest absolute Gasteiger partial charge is 0.417 e. The normalized spacial score (nSPS) is 21.4. The van der Waals surface area contributed by atoms with Crippen LogP contribution >= 0.6 is 11.6 Å². The number of benzene rings is 1. The second kappa shape index (κ2) is 4.26. The second-order valence-corrected chi connectivity index (χ2v) is 4.29. The smallest absolute Gasteiger partial charge is 0.310 e.